The van der Waals surface area contributed by atoms with Gasteiger partial charge in [-0.3, -0.25) is 9.30 Å². The Hall–Kier alpha value is -0.670. The lowest BCUT2D eigenvalue weighted by Gasteiger charge is -2.15. The van der Waals surface area contributed by atoms with Crippen LogP contribution in [0.1, 0.15) is 19.3 Å². The molecule has 2 fully saturated rings. The zero-order chi connectivity index (χ0) is 14.6. The van der Waals surface area contributed by atoms with Crippen LogP contribution in [0.3, 0.4) is 0 Å². The summed E-state index contributed by atoms with van der Waals surface area (Å²) in [7, 11) is -3.66. The Morgan fingerprint density at radius 2 is 2.19 bits per heavy atom. The number of likely N-dealkylation sites (tertiary alicyclic amines) is 1. The molecule has 21 heavy (non-hydrogen) atoms. The first-order chi connectivity index (χ1) is 10.0. The minimum absolute atomic E-state index is 0.0337. The molecule has 1 aliphatic carbocycles. The molecule has 2 aromatic rings. The van der Waals surface area contributed by atoms with Crippen LogP contribution < -0.4 is 4.72 Å². The highest BCUT2D eigenvalue weighted by molar-refractivity contribution is 7.89. The molecule has 6 nitrogen and oxygen atoms in total. The van der Waals surface area contributed by atoms with Crippen LogP contribution in [0.5, 0.6) is 0 Å². The molecule has 1 atom stereocenters. The average Bonchev–Trinajstić information content (AvgIpc) is 2.84. The lowest BCUT2D eigenvalue weighted by atomic mass is 10.3. The van der Waals surface area contributed by atoms with Crippen LogP contribution in [0.25, 0.3) is 4.96 Å². The van der Waals surface area contributed by atoms with Gasteiger partial charge in [0.25, 0.3) is 10.0 Å². The Balaban J connectivity index is 1.58. The van der Waals surface area contributed by atoms with Gasteiger partial charge < -0.3 is 0 Å². The summed E-state index contributed by atoms with van der Waals surface area (Å²) in [4.78, 5) is 7.04. The van der Waals surface area contributed by atoms with E-state index in [0.29, 0.717) is 11.0 Å². The smallest absolute Gasteiger partial charge is 0.260 e. The van der Waals surface area contributed by atoms with Crippen molar-refractivity contribution >= 4 is 37.9 Å². The largest absolute Gasteiger partial charge is 0.299 e. The Labute approximate surface area is 131 Å². The minimum Gasteiger partial charge on any atom is -0.299 e. The van der Waals surface area contributed by atoms with Crippen molar-refractivity contribution in [1.29, 1.82) is 0 Å². The predicted molar refractivity (Wildman–Crippen MR) is 81.4 cm³/mol. The standard InChI is InChI=1S/C12H15ClN4O2S2/c13-10-11(17-5-6-20-12(17)14-10)21(18,19)15-8-3-4-16(7-8)9-1-2-9/h5-6,8-9,15H,1-4,7H2. The van der Waals surface area contributed by atoms with Gasteiger partial charge in [0.05, 0.1) is 0 Å². The number of thiazole rings is 1. The summed E-state index contributed by atoms with van der Waals surface area (Å²) in [6.45, 7) is 1.75. The van der Waals surface area contributed by atoms with Gasteiger partial charge in [-0.2, -0.15) is 0 Å². The molecule has 3 heterocycles. The quantitative estimate of drug-likeness (QED) is 0.912. The third kappa shape index (κ3) is 2.49. The van der Waals surface area contributed by atoms with Gasteiger partial charge in [-0.1, -0.05) is 11.6 Å². The first-order valence-electron chi connectivity index (χ1n) is 6.92. The van der Waals surface area contributed by atoms with Crippen molar-refractivity contribution in [2.24, 2.45) is 0 Å². The topological polar surface area (TPSA) is 66.7 Å². The highest BCUT2D eigenvalue weighted by atomic mass is 35.5. The molecule has 0 aromatic carbocycles. The highest BCUT2D eigenvalue weighted by Crippen LogP contribution is 2.31. The lowest BCUT2D eigenvalue weighted by molar-refractivity contribution is 0.322. The van der Waals surface area contributed by atoms with Gasteiger partial charge >= 0.3 is 0 Å². The molecule has 9 heteroatoms. The van der Waals surface area contributed by atoms with Crippen LogP contribution in [0.4, 0.5) is 0 Å². The second-order valence-corrected chi connectivity index (χ2v) is 8.46. The zero-order valence-corrected chi connectivity index (χ0v) is 13.6. The van der Waals surface area contributed by atoms with Crippen molar-refractivity contribution in [3.05, 3.63) is 16.7 Å². The molecule has 2 aliphatic rings. The van der Waals surface area contributed by atoms with E-state index >= 15 is 0 Å². The van der Waals surface area contributed by atoms with E-state index in [1.807, 2.05) is 0 Å². The monoisotopic (exact) mass is 346 g/mol. The molecule has 0 amide bonds. The van der Waals surface area contributed by atoms with E-state index in [1.165, 1.54) is 28.6 Å². The molecular weight excluding hydrogens is 332 g/mol. The molecule has 1 N–H and O–H groups in total. The van der Waals surface area contributed by atoms with Gasteiger partial charge in [0.1, 0.15) is 0 Å². The summed E-state index contributed by atoms with van der Waals surface area (Å²) in [5.74, 6) is 0. The summed E-state index contributed by atoms with van der Waals surface area (Å²) < 4.78 is 29.5. The second-order valence-electron chi connectivity index (χ2n) is 5.60. The molecule has 1 unspecified atom stereocenters. The van der Waals surface area contributed by atoms with Crippen molar-refractivity contribution in [1.82, 2.24) is 19.0 Å². The van der Waals surface area contributed by atoms with Crippen molar-refractivity contribution in [2.75, 3.05) is 13.1 Å². The van der Waals surface area contributed by atoms with Crippen molar-refractivity contribution in [3.63, 3.8) is 0 Å². The van der Waals surface area contributed by atoms with Crippen LogP contribution >= 0.6 is 22.9 Å². The zero-order valence-electron chi connectivity index (χ0n) is 11.2. The van der Waals surface area contributed by atoms with E-state index in [0.717, 1.165) is 19.5 Å². The minimum atomic E-state index is -3.66. The fourth-order valence-corrected chi connectivity index (χ4v) is 5.62. The summed E-state index contributed by atoms with van der Waals surface area (Å²) in [5.41, 5.74) is 0. The van der Waals surface area contributed by atoms with Crippen LogP contribution in [-0.4, -0.2) is 47.9 Å². The number of aromatic nitrogens is 2. The van der Waals surface area contributed by atoms with Crippen molar-refractivity contribution in [2.45, 2.75) is 36.4 Å². The van der Waals surface area contributed by atoms with E-state index < -0.39 is 10.0 Å². The van der Waals surface area contributed by atoms with Gasteiger partial charge in [0.15, 0.2) is 15.1 Å². The van der Waals surface area contributed by atoms with E-state index in [-0.39, 0.29) is 16.2 Å². The van der Waals surface area contributed by atoms with Gasteiger partial charge in [-0.15, -0.1) is 11.3 Å². The van der Waals surface area contributed by atoms with Gasteiger partial charge in [0, 0.05) is 36.8 Å². The molecule has 2 aromatic heterocycles. The van der Waals surface area contributed by atoms with E-state index in [2.05, 4.69) is 14.6 Å². The van der Waals surface area contributed by atoms with E-state index in [4.69, 9.17) is 11.6 Å². The molecule has 0 radical (unpaired) electrons. The molecule has 114 valence electrons. The maximum absolute atomic E-state index is 12.6. The van der Waals surface area contributed by atoms with Crippen LogP contribution in [0.15, 0.2) is 16.6 Å². The molecule has 0 spiro atoms. The Morgan fingerprint density at radius 3 is 2.95 bits per heavy atom. The summed E-state index contributed by atoms with van der Waals surface area (Å²) in [6, 6.07) is 0.623. The van der Waals surface area contributed by atoms with Gasteiger partial charge in [-0.25, -0.2) is 18.1 Å². The molecule has 1 saturated carbocycles. The number of nitrogens with zero attached hydrogens (tertiary/aromatic N) is 3. The lowest BCUT2D eigenvalue weighted by Crippen LogP contribution is -2.38. The molecular formula is C12H15ClN4O2S2. The molecule has 1 saturated heterocycles. The predicted octanol–water partition coefficient (Wildman–Crippen LogP) is 1.56. The van der Waals surface area contributed by atoms with Crippen molar-refractivity contribution in [3.8, 4) is 0 Å². The number of hydrogen-bond donors (Lipinski definition) is 1. The van der Waals surface area contributed by atoms with Crippen LogP contribution in [0, 0.1) is 0 Å². The van der Waals surface area contributed by atoms with Gasteiger partial charge in [-0.05, 0) is 19.3 Å². The average molecular weight is 347 g/mol. The number of imidazole rings is 1. The molecule has 1 aliphatic heterocycles. The SMILES string of the molecule is O=S(=O)(NC1CCN(C2CC2)C1)c1c(Cl)nc2sccn12. The molecule has 4 rings (SSSR count). The summed E-state index contributed by atoms with van der Waals surface area (Å²) in [5, 5.41) is 1.87. The van der Waals surface area contributed by atoms with E-state index in [9.17, 15) is 8.42 Å². The Morgan fingerprint density at radius 1 is 1.38 bits per heavy atom. The summed E-state index contributed by atoms with van der Waals surface area (Å²) >= 11 is 7.37. The fourth-order valence-electron chi connectivity index (χ4n) is 2.91. The maximum atomic E-state index is 12.6. The summed E-state index contributed by atoms with van der Waals surface area (Å²) in [6.07, 6.45) is 5.00. The number of hydrogen-bond acceptors (Lipinski definition) is 5. The molecule has 0 bridgehead atoms. The third-order valence-electron chi connectivity index (χ3n) is 4.04. The van der Waals surface area contributed by atoms with Crippen LogP contribution in [-0.2, 0) is 10.0 Å². The third-order valence-corrected chi connectivity index (χ3v) is 6.71. The Kier molecular flexibility index (Phi) is 3.27. The Bertz CT molecular complexity index is 780. The van der Waals surface area contributed by atoms with E-state index in [1.54, 1.807) is 11.6 Å². The first-order valence-corrected chi connectivity index (χ1v) is 9.66. The fraction of sp³-hybridized carbons (Fsp3) is 0.583. The number of rotatable bonds is 4. The number of halogens is 1. The van der Waals surface area contributed by atoms with Crippen LogP contribution in [0.2, 0.25) is 5.15 Å². The first kappa shape index (κ1) is 14.0. The number of sulfonamides is 1. The normalized spacial score (nSPS) is 24.1. The maximum Gasteiger partial charge on any atom is 0.260 e. The number of nitrogens with one attached hydrogen (secondary N) is 1. The number of fused-ring (bicyclic) bond motifs is 1. The van der Waals surface area contributed by atoms with Crippen molar-refractivity contribution < 1.29 is 8.42 Å². The second kappa shape index (κ2) is 4.92. The van der Waals surface area contributed by atoms with Gasteiger partial charge in [0.2, 0.25) is 0 Å². The highest BCUT2D eigenvalue weighted by Gasteiger charge is 2.36.